The van der Waals surface area contributed by atoms with Crippen LogP contribution >= 0.6 is 0 Å². The van der Waals surface area contributed by atoms with Gasteiger partial charge in [0.05, 0.1) is 17.4 Å². The molecule has 2 aliphatic rings. The second kappa shape index (κ2) is 10.2. The molecular weight excluding hydrogens is 460 g/mol. The molecule has 0 bridgehead atoms. The van der Waals surface area contributed by atoms with Gasteiger partial charge < -0.3 is 14.8 Å². The monoisotopic (exact) mass is 492 g/mol. The fraction of sp³-hybridized carbons (Fsp3) is 0.323. The second-order valence-corrected chi connectivity index (χ2v) is 10.3. The number of amides is 2. The number of benzene rings is 3. The summed E-state index contributed by atoms with van der Waals surface area (Å²) in [5.41, 5.74) is 4.99. The van der Waals surface area contributed by atoms with Crippen LogP contribution in [0.3, 0.4) is 0 Å². The molecular formula is C31H32N4O2. The molecule has 1 aromatic heterocycles. The summed E-state index contributed by atoms with van der Waals surface area (Å²) < 4.78 is 2.14. The number of rotatable bonds is 6. The van der Waals surface area contributed by atoms with Gasteiger partial charge in [-0.3, -0.25) is 9.59 Å². The van der Waals surface area contributed by atoms with Crippen molar-refractivity contribution < 1.29 is 9.59 Å². The fourth-order valence-electron chi connectivity index (χ4n) is 6.12. The van der Waals surface area contributed by atoms with E-state index in [0.29, 0.717) is 18.0 Å². The normalized spacial score (nSPS) is 21.1. The summed E-state index contributed by atoms with van der Waals surface area (Å²) in [4.78, 5) is 33.2. The van der Waals surface area contributed by atoms with Gasteiger partial charge in [-0.15, -0.1) is 0 Å². The maximum absolute atomic E-state index is 13.5. The molecule has 0 radical (unpaired) electrons. The number of nitrogens with zero attached hydrogens (tertiary/aromatic N) is 3. The number of para-hydroxylation sites is 2. The van der Waals surface area contributed by atoms with Crippen LogP contribution in [0.25, 0.3) is 11.0 Å². The molecule has 0 spiro atoms. The Morgan fingerprint density at radius 3 is 2.43 bits per heavy atom. The molecule has 3 atom stereocenters. The van der Waals surface area contributed by atoms with Gasteiger partial charge in [-0.1, -0.05) is 67.4 Å². The first-order valence-corrected chi connectivity index (χ1v) is 13.3. The zero-order valence-electron chi connectivity index (χ0n) is 20.9. The highest BCUT2D eigenvalue weighted by Gasteiger charge is 2.47. The highest BCUT2D eigenvalue weighted by Crippen LogP contribution is 2.40. The van der Waals surface area contributed by atoms with Crippen molar-refractivity contribution in [1.82, 2.24) is 19.8 Å². The molecule has 2 amide bonds. The molecule has 3 aromatic carbocycles. The van der Waals surface area contributed by atoms with Crippen LogP contribution in [-0.2, 0) is 17.9 Å². The van der Waals surface area contributed by atoms with Crippen LogP contribution in [0, 0.1) is 5.92 Å². The smallest absolute Gasteiger partial charge is 0.254 e. The van der Waals surface area contributed by atoms with E-state index >= 15 is 0 Å². The number of hydrogen-bond donors (Lipinski definition) is 1. The van der Waals surface area contributed by atoms with Crippen LogP contribution in [0.15, 0.2) is 85.2 Å². The highest BCUT2D eigenvalue weighted by molar-refractivity contribution is 5.98. The van der Waals surface area contributed by atoms with Gasteiger partial charge in [0.15, 0.2) is 0 Å². The number of carbonyl (C=O) groups excluding carboxylic acids is 2. The van der Waals surface area contributed by atoms with E-state index in [9.17, 15) is 9.59 Å². The van der Waals surface area contributed by atoms with Crippen molar-refractivity contribution in [2.75, 3.05) is 0 Å². The van der Waals surface area contributed by atoms with Crippen molar-refractivity contribution in [3.63, 3.8) is 0 Å². The molecule has 6 nitrogen and oxygen atoms in total. The maximum Gasteiger partial charge on any atom is 0.254 e. The number of fused-ring (bicyclic) bond motifs is 2. The number of imidazole rings is 1. The van der Waals surface area contributed by atoms with Crippen LogP contribution in [-0.4, -0.2) is 38.3 Å². The Morgan fingerprint density at radius 2 is 1.59 bits per heavy atom. The Bertz CT molecular complexity index is 1400. The summed E-state index contributed by atoms with van der Waals surface area (Å²) in [6, 6.07) is 25.6. The third-order valence-corrected chi connectivity index (χ3v) is 8.02. The van der Waals surface area contributed by atoms with Crippen molar-refractivity contribution in [2.24, 2.45) is 5.92 Å². The Hall–Kier alpha value is -3.93. The van der Waals surface area contributed by atoms with Crippen molar-refractivity contribution in [3.8, 4) is 0 Å². The number of nitrogens with one attached hydrogen (secondary N) is 1. The standard InChI is InChI=1S/C31H32N4O2/c36-30(29-18-25-10-4-6-12-27(25)35(29)31(37)24-8-2-1-3-9-24)32-19-22-14-16-23(17-15-22)20-34-21-33-26-11-5-7-13-28(26)34/h1-3,5,7-9,11,13-17,21,25,27,29H,4,6,10,12,18-20H2,(H,32,36). The summed E-state index contributed by atoms with van der Waals surface area (Å²) in [7, 11) is 0. The summed E-state index contributed by atoms with van der Waals surface area (Å²) in [5, 5.41) is 3.13. The minimum Gasteiger partial charge on any atom is -0.350 e. The molecule has 3 unspecified atom stereocenters. The van der Waals surface area contributed by atoms with Crippen LogP contribution in [0.4, 0.5) is 0 Å². The van der Waals surface area contributed by atoms with Gasteiger partial charge in [-0.05, 0) is 60.6 Å². The molecule has 37 heavy (non-hydrogen) atoms. The lowest BCUT2D eigenvalue weighted by molar-refractivity contribution is -0.125. The lowest BCUT2D eigenvalue weighted by atomic mass is 9.84. The largest absolute Gasteiger partial charge is 0.350 e. The minimum absolute atomic E-state index is 0.0217. The molecule has 1 saturated carbocycles. The number of likely N-dealkylation sites (tertiary alicyclic amines) is 1. The van der Waals surface area contributed by atoms with Crippen molar-refractivity contribution in [2.45, 2.75) is 57.3 Å². The quantitative estimate of drug-likeness (QED) is 0.404. The average Bonchev–Trinajstić information content (AvgIpc) is 3.54. The molecule has 2 fully saturated rings. The molecule has 2 heterocycles. The van der Waals surface area contributed by atoms with Crippen molar-refractivity contribution in [1.29, 1.82) is 0 Å². The topological polar surface area (TPSA) is 67.2 Å². The van der Waals surface area contributed by atoms with Crippen molar-refractivity contribution in [3.05, 3.63) is 102 Å². The molecule has 6 heteroatoms. The van der Waals surface area contributed by atoms with E-state index in [0.717, 1.165) is 48.8 Å². The molecule has 1 aliphatic heterocycles. The van der Waals surface area contributed by atoms with E-state index in [2.05, 4.69) is 45.2 Å². The fourth-order valence-corrected chi connectivity index (χ4v) is 6.12. The zero-order valence-corrected chi connectivity index (χ0v) is 20.9. The SMILES string of the molecule is O=C(NCc1ccc(Cn2cnc3ccccc32)cc1)C1CC2CCCCC2N1C(=O)c1ccccc1. The zero-order chi connectivity index (χ0) is 25.2. The molecule has 6 rings (SSSR count). The van der Waals surface area contributed by atoms with Crippen LogP contribution in [0.1, 0.15) is 53.6 Å². The van der Waals surface area contributed by atoms with Gasteiger partial charge in [0.2, 0.25) is 5.91 Å². The Kier molecular flexibility index (Phi) is 6.47. The molecule has 1 saturated heterocycles. The molecule has 1 aliphatic carbocycles. The first kappa shape index (κ1) is 23.5. The van der Waals surface area contributed by atoms with Gasteiger partial charge >= 0.3 is 0 Å². The third kappa shape index (κ3) is 4.76. The maximum atomic E-state index is 13.5. The third-order valence-electron chi connectivity index (χ3n) is 8.02. The Labute approximate surface area is 217 Å². The molecule has 188 valence electrons. The lowest BCUT2D eigenvalue weighted by Gasteiger charge is -2.33. The summed E-state index contributed by atoms with van der Waals surface area (Å²) in [6.45, 7) is 1.20. The Morgan fingerprint density at radius 1 is 0.865 bits per heavy atom. The summed E-state index contributed by atoms with van der Waals surface area (Å²) in [6.07, 6.45) is 7.02. The van der Waals surface area contributed by atoms with Gasteiger partial charge in [-0.2, -0.15) is 0 Å². The predicted molar refractivity (Wildman–Crippen MR) is 144 cm³/mol. The first-order chi connectivity index (χ1) is 18.2. The lowest BCUT2D eigenvalue weighted by Crippen LogP contribution is -2.49. The van der Waals surface area contributed by atoms with Gasteiger partial charge in [-0.25, -0.2) is 4.98 Å². The first-order valence-electron chi connectivity index (χ1n) is 13.3. The Balaban J connectivity index is 1.12. The minimum atomic E-state index is -0.408. The second-order valence-electron chi connectivity index (χ2n) is 10.3. The number of hydrogen-bond acceptors (Lipinski definition) is 3. The van der Waals surface area contributed by atoms with E-state index in [1.165, 1.54) is 12.0 Å². The van der Waals surface area contributed by atoms with E-state index in [4.69, 9.17) is 0 Å². The predicted octanol–water partition coefficient (Wildman–Crippen LogP) is 5.17. The number of aromatic nitrogens is 2. The van der Waals surface area contributed by atoms with E-state index in [1.807, 2.05) is 59.8 Å². The highest BCUT2D eigenvalue weighted by atomic mass is 16.2. The van der Waals surface area contributed by atoms with E-state index in [-0.39, 0.29) is 17.9 Å². The van der Waals surface area contributed by atoms with Crippen LogP contribution < -0.4 is 5.32 Å². The molecule has 4 aromatic rings. The number of carbonyl (C=O) groups is 2. The van der Waals surface area contributed by atoms with Crippen LogP contribution in [0.5, 0.6) is 0 Å². The summed E-state index contributed by atoms with van der Waals surface area (Å²) >= 11 is 0. The van der Waals surface area contributed by atoms with E-state index < -0.39 is 6.04 Å². The van der Waals surface area contributed by atoms with Crippen LogP contribution in [0.2, 0.25) is 0 Å². The van der Waals surface area contributed by atoms with Gasteiger partial charge in [0, 0.05) is 24.7 Å². The van der Waals surface area contributed by atoms with Gasteiger partial charge in [0.25, 0.3) is 5.91 Å². The molecule has 1 N–H and O–H groups in total. The summed E-state index contributed by atoms with van der Waals surface area (Å²) in [5.74, 6) is 0.342. The van der Waals surface area contributed by atoms with Crippen molar-refractivity contribution >= 4 is 22.8 Å². The van der Waals surface area contributed by atoms with Gasteiger partial charge in [0.1, 0.15) is 6.04 Å². The average molecular weight is 493 g/mol. The van der Waals surface area contributed by atoms with E-state index in [1.54, 1.807) is 0 Å².